The SMILES string of the molecule is C#CC(CCC)NCc1c(Cl)c(C)nn1CC. The Hall–Kier alpha value is -0.980. The summed E-state index contributed by atoms with van der Waals surface area (Å²) in [5.74, 6) is 2.75. The molecule has 94 valence electrons. The van der Waals surface area contributed by atoms with E-state index in [0.29, 0.717) is 6.54 Å². The molecule has 0 aromatic carbocycles. The van der Waals surface area contributed by atoms with Gasteiger partial charge in [-0.3, -0.25) is 10.00 Å². The molecule has 0 radical (unpaired) electrons. The van der Waals surface area contributed by atoms with Crippen LogP contribution in [-0.4, -0.2) is 15.8 Å². The van der Waals surface area contributed by atoms with Gasteiger partial charge >= 0.3 is 0 Å². The molecule has 0 aliphatic heterocycles. The summed E-state index contributed by atoms with van der Waals surface area (Å²) in [6.45, 7) is 7.58. The highest BCUT2D eigenvalue weighted by Crippen LogP contribution is 2.20. The number of aryl methyl sites for hydroxylation is 2. The van der Waals surface area contributed by atoms with Crippen LogP contribution in [0, 0.1) is 19.3 Å². The van der Waals surface area contributed by atoms with Crippen molar-refractivity contribution >= 4 is 11.6 Å². The third-order valence-electron chi connectivity index (χ3n) is 2.75. The van der Waals surface area contributed by atoms with Crippen LogP contribution in [0.3, 0.4) is 0 Å². The summed E-state index contributed by atoms with van der Waals surface area (Å²) in [5, 5.41) is 8.45. The second-order valence-corrected chi connectivity index (χ2v) is 4.43. The third-order valence-corrected chi connectivity index (χ3v) is 3.24. The molecule has 0 saturated carbocycles. The lowest BCUT2D eigenvalue weighted by atomic mass is 10.2. The summed E-state index contributed by atoms with van der Waals surface area (Å²) < 4.78 is 1.92. The van der Waals surface area contributed by atoms with Crippen molar-refractivity contribution in [2.45, 2.75) is 52.7 Å². The number of nitrogens with zero attached hydrogens (tertiary/aromatic N) is 2. The molecule has 1 rings (SSSR count). The van der Waals surface area contributed by atoms with Crippen LogP contribution >= 0.6 is 11.6 Å². The van der Waals surface area contributed by atoms with Gasteiger partial charge in [0.1, 0.15) is 0 Å². The van der Waals surface area contributed by atoms with E-state index in [2.05, 4.69) is 30.2 Å². The number of rotatable bonds is 6. The minimum atomic E-state index is 0.108. The molecule has 4 heteroatoms. The van der Waals surface area contributed by atoms with Crippen LogP contribution in [0.1, 0.15) is 38.1 Å². The van der Waals surface area contributed by atoms with E-state index in [1.165, 1.54) is 0 Å². The van der Waals surface area contributed by atoms with Gasteiger partial charge in [0.25, 0.3) is 0 Å². The van der Waals surface area contributed by atoms with Crippen molar-refractivity contribution in [1.29, 1.82) is 0 Å². The molecule has 17 heavy (non-hydrogen) atoms. The first-order chi connectivity index (χ1) is 8.13. The lowest BCUT2D eigenvalue weighted by molar-refractivity contribution is 0.528. The van der Waals surface area contributed by atoms with E-state index in [1.807, 2.05) is 11.6 Å². The first-order valence-electron chi connectivity index (χ1n) is 6.05. The van der Waals surface area contributed by atoms with E-state index < -0.39 is 0 Å². The Morgan fingerprint density at radius 2 is 2.24 bits per heavy atom. The number of hydrogen-bond donors (Lipinski definition) is 1. The Kier molecular flexibility index (Phi) is 5.54. The summed E-state index contributed by atoms with van der Waals surface area (Å²) in [4.78, 5) is 0. The maximum atomic E-state index is 6.22. The monoisotopic (exact) mass is 253 g/mol. The van der Waals surface area contributed by atoms with Gasteiger partial charge < -0.3 is 0 Å². The fraction of sp³-hybridized carbons (Fsp3) is 0.615. The maximum Gasteiger partial charge on any atom is 0.0860 e. The summed E-state index contributed by atoms with van der Waals surface area (Å²) in [6.07, 6.45) is 7.52. The topological polar surface area (TPSA) is 29.9 Å². The Labute approximate surface area is 109 Å². The highest BCUT2D eigenvalue weighted by Gasteiger charge is 2.13. The van der Waals surface area contributed by atoms with Gasteiger partial charge in [-0.15, -0.1) is 6.42 Å². The standard InChI is InChI=1S/C13H20ClN3/c1-5-8-11(6-2)15-9-12-13(14)10(4)16-17(12)7-3/h2,11,15H,5,7-9H2,1,3-4H3. The van der Waals surface area contributed by atoms with Crippen molar-refractivity contribution in [3.63, 3.8) is 0 Å². The van der Waals surface area contributed by atoms with E-state index in [0.717, 1.165) is 35.8 Å². The predicted molar refractivity (Wildman–Crippen MR) is 72.0 cm³/mol. The van der Waals surface area contributed by atoms with Gasteiger partial charge in [-0.05, 0) is 20.3 Å². The van der Waals surface area contributed by atoms with Crippen LogP contribution in [0.5, 0.6) is 0 Å². The normalized spacial score (nSPS) is 12.4. The zero-order valence-corrected chi connectivity index (χ0v) is 11.5. The van der Waals surface area contributed by atoms with Crippen molar-refractivity contribution < 1.29 is 0 Å². The van der Waals surface area contributed by atoms with Gasteiger partial charge in [0.05, 0.1) is 22.5 Å². The van der Waals surface area contributed by atoms with Crippen molar-refractivity contribution in [3.8, 4) is 12.3 Å². The second-order valence-electron chi connectivity index (χ2n) is 4.05. The molecule has 0 fully saturated rings. The summed E-state index contributed by atoms with van der Waals surface area (Å²) in [6, 6.07) is 0.108. The molecule has 1 aromatic heterocycles. The van der Waals surface area contributed by atoms with Crippen molar-refractivity contribution in [3.05, 3.63) is 16.4 Å². The van der Waals surface area contributed by atoms with Crippen LogP contribution < -0.4 is 5.32 Å². The molecule has 0 amide bonds. The zero-order chi connectivity index (χ0) is 12.8. The molecule has 0 bridgehead atoms. The molecule has 1 atom stereocenters. The fourth-order valence-corrected chi connectivity index (χ4v) is 1.99. The van der Waals surface area contributed by atoms with Gasteiger partial charge in [0.2, 0.25) is 0 Å². The minimum absolute atomic E-state index is 0.108. The van der Waals surface area contributed by atoms with Gasteiger partial charge in [-0.2, -0.15) is 5.10 Å². The smallest absolute Gasteiger partial charge is 0.0860 e. The number of nitrogens with one attached hydrogen (secondary N) is 1. The van der Waals surface area contributed by atoms with Gasteiger partial charge in [-0.1, -0.05) is 30.9 Å². The molecule has 0 saturated heterocycles. The molecule has 3 nitrogen and oxygen atoms in total. The Bertz CT molecular complexity index is 404. The van der Waals surface area contributed by atoms with Crippen LogP contribution in [0.4, 0.5) is 0 Å². The molecular weight excluding hydrogens is 234 g/mol. The van der Waals surface area contributed by atoms with Crippen molar-refractivity contribution in [2.75, 3.05) is 0 Å². The van der Waals surface area contributed by atoms with E-state index in [9.17, 15) is 0 Å². The molecule has 1 heterocycles. The largest absolute Gasteiger partial charge is 0.298 e. The minimum Gasteiger partial charge on any atom is -0.298 e. The molecular formula is C13H20ClN3. The van der Waals surface area contributed by atoms with Gasteiger partial charge in [0.15, 0.2) is 0 Å². The molecule has 1 unspecified atom stereocenters. The van der Waals surface area contributed by atoms with E-state index in [4.69, 9.17) is 18.0 Å². The van der Waals surface area contributed by atoms with Crippen LogP contribution in [0.2, 0.25) is 5.02 Å². The second kappa shape index (κ2) is 6.68. The maximum absolute atomic E-state index is 6.22. The highest BCUT2D eigenvalue weighted by atomic mass is 35.5. The Morgan fingerprint density at radius 3 is 2.76 bits per heavy atom. The first kappa shape index (κ1) is 14.1. The lowest BCUT2D eigenvalue weighted by Gasteiger charge is -2.12. The third kappa shape index (κ3) is 3.49. The molecule has 1 aromatic rings. The molecule has 0 aliphatic rings. The first-order valence-corrected chi connectivity index (χ1v) is 6.43. The summed E-state index contributed by atoms with van der Waals surface area (Å²) in [7, 11) is 0. The Balaban J connectivity index is 2.71. The molecule has 0 aliphatic carbocycles. The van der Waals surface area contributed by atoms with Crippen LogP contribution in [-0.2, 0) is 13.1 Å². The quantitative estimate of drug-likeness (QED) is 0.790. The van der Waals surface area contributed by atoms with Crippen LogP contribution in [0.25, 0.3) is 0 Å². The molecule has 0 spiro atoms. The van der Waals surface area contributed by atoms with E-state index in [-0.39, 0.29) is 6.04 Å². The Morgan fingerprint density at radius 1 is 1.53 bits per heavy atom. The fourth-order valence-electron chi connectivity index (χ4n) is 1.79. The number of hydrogen-bond acceptors (Lipinski definition) is 2. The summed E-state index contributed by atoms with van der Waals surface area (Å²) >= 11 is 6.22. The lowest BCUT2D eigenvalue weighted by Crippen LogP contribution is -2.28. The van der Waals surface area contributed by atoms with Gasteiger partial charge in [-0.25, -0.2) is 0 Å². The highest BCUT2D eigenvalue weighted by molar-refractivity contribution is 6.31. The number of halogens is 1. The summed E-state index contributed by atoms with van der Waals surface area (Å²) in [5.41, 5.74) is 1.89. The van der Waals surface area contributed by atoms with Crippen LogP contribution in [0.15, 0.2) is 0 Å². The predicted octanol–water partition coefficient (Wildman–Crippen LogP) is 2.76. The zero-order valence-electron chi connectivity index (χ0n) is 10.8. The van der Waals surface area contributed by atoms with Crippen molar-refractivity contribution in [1.82, 2.24) is 15.1 Å². The average Bonchev–Trinajstić information content (AvgIpc) is 2.61. The molecule has 1 N–H and O–H groups in total. The number of aromatic nitrogens is 2. The van der Waals surface area contributed by atoms with E-state index >= 15 is 0 Å². The average molecular weight is 254 g/mol. The van der Waals surface area contributed by atoms with E-state index in [1.54, 1.807) is 0 Å². The van der Waals surface area contributed by atoms with Crippen molar-refractivity contribution in [2.24, 2.45) is 0 Å². The van der Waals surface area contributed by atoms with Gasteiger partial charge in [0, 0.05) is 13.1 Å². The number of terminal acetylenes is 1.